The number of hydrogen-bond donors (Lipinski definition) is 3. The van der Waals surface area contributed by atoms with E-state index >= 15 is 0 Å². The van der Waals surface area contributed by atoms with Crippen molar-refractivity contribution in [1.29, 1.82) is 0 Å². The Morgan fingerprint density at radius 3 is 2.46 bits per heavy atom. The van der Waals surface area contributed by atoms with E-state index in [1.807, 2.05) is 30.3 Å². The third-order valence-corrected chi connectivity index (χ3v) is 3.17. The van der Waals surface area contributed by atoms with Crippen molar-refractivity contribution in [3.8, 4) is 0 Å². The van der Waals surface area contributed by atoms with E-state index in [0.29, 0.717) is 25.6 Å². The van der Waals surface area contributed by atoms with Crippen molar-refractivity contribution >= 4 is 35.9 Å². The van der Waals surface area contributed by atoms with Crippen LogP contribution in [-0.4, -0.2) is 36.1 Å². The van der Waals surface area contributed by atoms with Gasteiger partial charge < -0.3 is 16.0 Å². The van der Waals surface area contributed by atoms with E-state index in [0.717, 1.165) is 17.8 Å². The number of aromatic nitrogens is 2. The average molecular weight is 480 g/mol. The molecule has 0 spiro atoms. The van der Waals surface area contributed by atoms with Crippen LogP contribution in [0.5, 0.6) is 0 Å². The maximum absolute atomic E-state index is 12.6. The topological polar surface area (TPSA) is 74.2 Å². The number of rotatable bonds is 6. The predicted octanol–water partition coefficient (Wildman–Crippen LogP) is 2.89. The first-order chi connectivity index (χ1) is 12.0. The molecule has 26 heavy (non-hydrogen) atoms. The van der Waals surface area contributed by atoms with E-state index in [1.165, 1.54) is 0 Å². The van der Waals surface area contributed by atoms with E-state index in [4.69, 9.17) is 0 Å². The number of nitrogens with zero attached hydrogens (tertiary/aromatic N) is 3. The summed E-state index contributed by atoms with van der Waals surface area (Å²) in [7, 11) is 1.64. The van der Waals surface area contributed by atoms with Crippen LogP contribution in [0.1, 0.15) is 11.3 Å². The van der Waals surface area contributed by atoms with Gasteiger partial charge in [0.15, 0.2) is 5.96 Å². The largest absolute Gasteiger partial charge is 0.433 e. The molecule has 0 bridgehead atoms. The molecule has 0 saturated carbocycles. The summed E-state index contributed by atoms with van der Waals surface area (Å²) < 4.78 is 37.7. The van der Waals surface area contributed by atoms with E-state index in [2.05, 4.69) is 30.9 Å². The van der Waals surface area contributed by atoms with Crippen molar-refractivity contribution in [2.24, 2.45) is 4.99 Å². The smallest absolute Gasteiger partial charge is 0.355 e. The number of alkyl halides is 3. The van der Waals surface area contributed by atoms with Crippen molar-refractivity contribution in [3.05, 3.63) is 53.9 Å². The summed E-state index contributed by atoms with van der Waals surface area (Å²) in [4.78, 5) is 11.3. The molecule has 0 aliphatic carbocycles. The van der Waals surface area contributed by atoms with E-state index < -0.39 is 11.9 Å². The molecule has 10 heteroatoms. The Kier molecular flexibility index (Phi) is 9.10. The number of aliphatic imine (C=N–C) groups is 1. The highest BCUT2D eigenvalue weighted by molar-refractivity contribution is 14.0. The Morgan fingerprint density at radius 2 is 1.81 bits per heavy atom. The first-order valence-corrected chi connectivity index (χ1v) is 7.61. The van der Waals surface area contributed by atoms with Gasteiger partial charge in [0.05, 0.1) is 0 Å². The van der Waals surface area contributed by atoms with Gasteiger partial charge in [0.2, 0.25) is 5.95 Å². The van der Waals surface area contributed by atoms with Gasteiger partial charge in [0.25, 0.3) is 0 Å². The van der Waals surface area contributed by atoms with Crippen molar-refractivity contribution in [3.63, 3.8) is 0 Å². The minimum Gasteiger partial charge on any atom is -0.355 e. The summed E-state index contributed by atoms with van der Waals surface area (Å²) in [5, 5.41) is 8.94. The monoisotopic (exact) mass is 480 g/mol. The molecule has 0 amide bonds. The highest BCUT2D eigenvalue weighted by atomic mass is 127. The summed E-state index contributed by atoms with van der Waals surface area (Å²) in [5.41, 5.74) is 0.138. The van der Waals surface area contributed by atoms with Gasteiger partial charge in [-0.1, -0.05) is 30.3 Å². The molecule has 1 heterocycles. The van der Waals surface area contributed by atoms with Crippen LogP contribution in [0.4, 0.5) is 19.1 Å². The second-order valence-electron chi connectivity index (χ2n) is 5.03. The zero-order valence-corrected chi connectivity index (χ0v) is 16.4. The van der Waals surface area contributed by atoms with Crippen LogP contribution in [0.25, 0.3) is 0 Å². The van der Waals surface area contributed by atoms with Gasteiger partial charge in [0, 0.05) is 32.9 Å². The van der Waals surface area contributed by atoms with Gasteiger partial charge in [0.1, 0.15) is 5.69 Å². The first-order valence-electron chi connectivity index (χ1n) is 7.61. The van der Waals surface area contributed by atoms with Crippen molar-refractivity contribution in [1.82, 2.24) is 20.6 Å². The number of benzene rings is 1. The fraction of sp³-hybridized carbons (Fsp3) is 0.312. The predicted molar refractivity (Wildman–Crippen MR) is 106 cm³/mol. The van der Waals surface area contributed by atoms with Crippen LogP contribution in [0.15, 0.2) is 47.6 Å². The van der Waals surface area contributed by atoms with Gasteiger partial charge in [-0.2, -0.15) is 13.2 Å². The Bertz CT molecular complexity index is 694. The fourth-order valence-corrected chi connectivity index (χ4v) is 1.96. The molecule has 0 unspecified atom stereocenters. The lowest BCUT2D eigenvalue weighted by atomic mass is 10.2. The molecule has 1 aromatic heterocycles. The lowest BCUT2D eigenvalue weighted by Gasteiger charge is -2.12. The van der Waals surface area contributed by atoms with Gasteiger partial charge in [-0.15, -0.1) is 24.0 Å². The minimum absolute atomic E-state index is 0. The quantitative estimate of drug-likeness (QED) is 0.257. The van der Waals surface area contributed by atoms with E-state index in [9.17, 15) is 13.2 Å². The maximum atomic E-state index is 12.6. The van der Waals surface area contributed by atoms with E-state index in [1.54, 1.807) is 7.05 Å². The Balaban J connectivity index is 0.00000338. The highest BCUT2D eigenvalue weighted by Crippen LogP contribution is 2.27. The number of halogens is 4. The summed E-state index contributed by atoms with van der Waals surface area (Å²) >= 11 is 0. The standard InChI is InChI=1S/C16H19F3N6.HI/c1-20-14(24-11-12-5-3-2-4-6-12)22-9-10-23-15-21-8-7-13(25-15)16(17,18)19;/h2-8H,9-11H2,1H3,(H2,20,22,24)(H,21,23,25);1H. The minimum atomic E-state index is -4.49. The summed E-state index contributed by atoms with van der Waals surface area (Å²) in [6.07, 6.45) is -3.41. The van der Waals surface area contributed by atoms with Gasteiger partial charge in [-0.05, 0) is 11.6 Å². The molecular formula is C16H20F3IN6. The SMILES string of the molecule is CN=C(NCCNc1nccc(C(F)(F)F)n1)NCc1ccccc1.I. The molecule has 0 radical (unpaired) electrons. The number of nitrogens with one attached hydrogen (secondary N) is 3. The zero-order valence-electron chi connectivity index (χ0n) is 14.0. The van der Waals surface area contributed by atoms with Gasteiger partial charge in [-0.25, -0.2) is 9.97 Å². The summed E-state index contributed by atoms with van der Waals surface area (Å²) in [5.74, 6) is 0.527. The Hall–Kier alpha value is -2.11. The van der Waals surface area contributed by atoms with Crippen LogP contribution in [0.2, 0.25) is 0 Å². The van der Waals surface area contributed by atoms with Crippen LogP contribution in [0, 0.1) is 0 Å². The molecule has 142 valence electrons. The molecule has 0 aliphatic rings. The van der Waals surface area contributed by atoms with Crippen LogP contribution in [-0.2, 0) is 12.7 Å². The molecule has 2 rings (SSSR count). The van der Waals surface area contributed by atoms with Crippen molar-refractivity contribution < 1.29 is 13.2 Å². The highest BCUT2D eigenvalue weighted by Gasteiger charge is 2.32. The second kappa shape index (κ2) is 10.8. The molecule has 6 nitrogen and oxygen atoms in total. The maximum Gasteiger partial charge on any atom is 0.433 e. The van der Waals surface area contributed by atoms with Crippen LogP contribution >= 0.6 is 24.0 Å². The normalized spacial score (nSPS) is 11.5. The molecule has 3 N–H and O–H groups in total. The second-order valence-corrected chi connectivity index (χ2v) is 5.03. The van der Waals surface area contributed by atoms with E-state index in [-0.39, 0.29) is 29.9 Å². The molecule has 0 atom stereocenters. The fourth-order valence-electron chi connectivity index (χ4n) is 1.96. The third-order valence-electron chi connectivity index (χ3n) is 3.17. The number of anilines is 1. The Labute approximate surface area is 166 Å². The average Bonchev–Trinajstić information content (AvgIpc) is 2.61. The molecule has 0 aliphatic heterocycles. The molecule has 1 aromatic carbocycles. The lowest BCUT2D eigenvalue weighted by Crippen LogP contribution is -2.39. The number of hydrogen-bond acceptors (Lipinski definition) is 4. The Morgan fingerprint density at radius 1 is 1.08 bits per heavy atom. The molecule has 2 aromatic rings. The first kappa shape index (κ1) is 21.9. The zero-order chi connectivity index (χ0) is 18.1. The van der Waals surface area contributed by atoms with Crippen molar-refractivity contribution in [2.75, 3.05) is 25.5 Å². The summed E-state index contributed by atoms with van der Waals surface area (Å²) in [6.45, 7) is 1.39. The number of guanidine groups is 1. The van der Waals surface area contributed by atoms with Crippen molar-refractivity contribution in [2.45, 2.75) is 12.7 Å². The lowest BCUT2D eigenvalue weighted by molar-refractivity contribution is -0.141. The molecule has 0 fully saturated rings. The molecular weight excluding hydrogens is 460 g/mol. The summed E-state index contributed by atoms with van der Waals surface area (Å²) in [6, 6.07) is 10.7. The van der Waals surface area contributed by atoms with Crippen LogP contribution in [0.3, 0.4) is 0 Å². The molecule has 0 saturated heterocycles. The van der Waals surface area contributed by atoms with Gasteiger partial charge >= 0.3 is 6.18 Å². The third kappa shape index (κ3) is 7.42. The van der Waals surface area contributed by atoms with Crippen LogP contribution < -0.4 is 16.0 Å². The van der Waals surface area contributed by atoms with Gasteiger partial charge in [-0.3, -0.25) is 4.99 Å².